The van der Waals surface area contributed by atoms with Crippen molar-refractivity contribution in [2.75, 3.05) is 5.73 Å². The molecule has 1 atom stereocenters. The number of aryl methyl sites for hydroxylation is 1. The third-order valence-electron chi connectivity index (χ3n) is 3.44. The highest BCUT2D eigenvalue weighted by Gasteiger charge is 2.21. The molecule has 0 radical (unpaired) electrons. The van der Waals surface area contributed by atoms with Crippen LogP contribution in [-0.4, -0.2) is 10.8 Å². The van der Waals surface area contributed by atoms with Crippen LogP contribution in [0.25, 0.3) is 0 Å². The smallest absolute Gasteiger partial charge is 0.293 e. The van der Waals surface area contributed by atoms with Crippen molar-refractivity contribution in [3.05, 3.63) is 67.7 Å². The summed E-state index contributed by atoms with van der Waals surface area (Å²) < 4.78 is 0.904. The maximum atomic E-state index is 12.4. The van der Waals surface area contributed by atoms with Crippen LogP contribution in [0.5, 0.6) is 0 Å². The van der Waals surface area contributed by atoms with Crippen molar-refractivity contribution >= 4 is 33.2 Å². The van der Waals surface area contributed by atoms with Crippen molar-refractivity contribution in [2.45, 2.75) is 19.9 Å². The number of nitro groups is 1. The Balaban J connectivity index is 2.29. The van der Waals surface area contributed by atoms with Gasteiger partial charge in [-0.3, -0.25) is 14.9 Å². The highest BCUT2D eigenvalue weighted by atomic mass is 79.9. The Kier molecular flexibility index (Phi) is 5.00. The van der Waals surface area contributed by atoms with Crippen molar-refractivity contribution in [3.8, 4) is 0 Å². The van der Waals surface area contributed by atoms with E-state index in [2.05, 4.69) is 21.2 Å². The average Bonchev–Trinajstić information content (AvgIpc) is 2.48. The molecular weight excluding hydrogens is 362 g/mol. The first-order valence-electron chi connectivity index (χ1n) is 6.90. The van der Waals surface area contributed by atoms with Crippen LogP contribution in [0.3, 0.4) is 0 Å². The first-order chi connectivity index (χ1) is 10.8. The number of nitrogen functional groups attached to an aromatic ring is 1. The molecule has 0 spiro atoms. The summed E-state index contributed by atoms with van der Waals surface area (Å²) in [6, 6.07) is 10.2. The number of carbonyl (C=O) groups excluding carboxylic acids is 1. The summed E-state index contributed by atoms with van der Waals surface area (Å²) in [6.45, 7) is 3.51. The molecular formula is C16H16BrN3O3. The van der Waals surface area contributed by atoms with E-state index >= 15 is 0 Å². The van der Waals surface area contributed by atoms with Crippen LogP contribution in [-0.2, 0) is 0 Å². The Bertz CT molecular complexity index is 777. The number of nitrogens with zero attached hydrogens (tertiary/aromatic N) is 1. The van der Waals surface area contributed by atoms with Gasteiger partial charge in [0.25, 0.3) is 11.6 Å². The normalized spacial score (nSPS) is 11.8. The fourth-order valence-electron chi connectivity index (χ4n) is 2.25. The van der Waals surface area contributed by atoms with Gasteiger partial charge in [-0.25, -0.2) is 0 Å². The lowest BCUT2D eigenvalue weighted by Crippen LogP contribution is -2.27. The van der Waals surface area contributed by atoms with Gasteiger partial charge >= 0.3 is 0 Å². The molecule has 0 bridgehead atoms. The number of hydrogen-bond donors (Lipinski definition) is 2. The van der Waals surface area contributed by atoms with Crippen LogP contribution in [0.2, 0.25) is 0 Å². The van der Waals surface area contributed by atoms with Gasteiger partial charge in [0.1, 0.15) is 5.69 Å². The summed E-state index contributed by atoms with van der Waals surface area (Å²) in [5.41, 5.74) is 7.02. The van der Waals surface area contributed by atoms with Gasteiger partial charge in [-0.2, -0.15) is 0 Å². The average molecular weight is 378 g/mol. The molecule has 2 aromatic carbocycles. The minimum Gasteiger partial charge on any atom is -0.393 e. The van der Waals surface area contributed by atoms with Crippen LogP contribution in [0, 0.1) is 17.0 Å². The van der Waals surface area contributed by atoms with E-state index in [0.717, 1.165) is 10.0 Å². The summed E-state index contributed by atoms with van der Waals surface area (Å²) in [5.74, 6) is -0.443. The SMILES string of the molecule is Cc1cc(C(=O)N[C@@H](C)c2cccc(Br)c2)c(N)c([N+](=O)[O-])c1. The number of anilines is 1. The topological polar surface area (TPSA) is 98.3 Å². The molecule has 2 rings (SSSR count). The molecule has 0 saturated carbocycles. The second-order valence-electron chi connectivity index (χ2n) is 5.25. The number of amides is 1. The van der Waals surface area contributed by atoms with E-state index < -0.39 is 10.8 Å². The molecule has 0 fully saturated rings. The molecule has 2 aromatic rings. The van der Waals surface area contributed by atoms with E-state index in [1.54, 1.807) is 13.0 Å². The maximum Gasteiger partial charge on any atom is 0.293 e. The Morgan fingerprint density at radius 1 is 1.35 bits per heavy atom. The summed E-state index contributed by atoms with van der Waals surface area (Å²) in [5, 5.41) is 13.8. The van der Waals surface area contributed by atoms with Gasteiger partial charge < -0.3 is 11.1 Å². The number of nitrogens with one attached hydrogen (secondary N) is 1. The number of halogens is 1. The van der Waals surface area contributed by atoms with E-state index in [4.69, 9.17) is 5.73 Å². The Morgan fingerprint density at radius 3 is 2.65 bits per heavy atom. The highest BCUT2D eigenvalue weighted by molar-refractivity contribution is 9.10. The monoisotopic (exact) mass is 377 g/mol. The molecule has 120 valence electrons. The third-order valence-corrected chi connectivity index (χ3v) is 3.93. The van der Waals surface area contributed by atoms with E-state index in [1.165, 1.54) is 6.07 Å². The Hall–Kier alpha value is -2.41. The van der Waals surface area contributed by atoms with E-state index in [0.29, 0.717) is 5.56 Å². The van der Waals surface area contributed by atoms with Gasteiger partial charge in [-0.1, -0.05) is 28.1 Å². The molecule has 7 heteroatoms. The lowest BCUT2D eigenvalue weighted by molar-refractivity contribution is -0.384. The van der Waals surface area contributed by atoms with Crippen molar-refractivity contribution in [2.24, 2.45) is 0 Å². The minimum atomic E-state index is -0.586. The largest absolute Gasteiger partial charge is 0.393 e. The molecule has 3 N–H and O–H groups in total. The molecule has 6 nitrogen and oxygen atoms in total. The molecule has 23 heavy (non-hydrogen) atoms. The van der Waals surface area contributed by atoms with Gasteiger partial charge in [-0.05, 0) is 43.2 Å². The maximum absolute atomic E-state index is 12.4. The van der Waals surface area contributed by atoms with Crippen molar-refractivity contribution in [1.29, 1.82) is 0 Å². The van der Waals surface area contributed by atoms with Gasteiger partial charge in [0.2, 0.25) is 0 Å². The summed E-state index contributed by atoms with van der Waals surface area (Å²) in [6.07, 6.45) is 0. The minimum absolute atomic E-state index is 0.110. The zero-order chi connectivity index (χ0) is 17.1. The van der Waals surface area contributed by atoms with Crippen LogP contribution >= 0.6 is 15.9 Å². The van der Waals surface area contributed by atoms with Gasteiger partial charge in [0, 0.05) is 10.5 Å². The number of nitrogens with two attached hydrogens (primary N) is 1. The van der Waals surface area contributed by atoms with Crippen LogP contribution < -0.4 is 11.1 Å². The van der Waals surface area contributed by atoms with Crippen molar-refractivity contribution in [1.82, 2.24) is 5.32 Å². The second kappa shape index (κ2) is 6.78. The van der Waals surface area contributed by atoms with Gasteiger partial charge in [-0.15, -0.1) is 0 Å². The molecule has 0 aliphatic carbocycles. The standard InChI is InChI=1S/C16H16BrN3O3/c1-9-6-13(15(18)14(7-9)20(22)23)16(21)19-10(2)11-4-3-5-12(17)8-11/h3-8,10H,18H2,1-2H3,(H,19,21)/t10-/m0/s1. The predicted molar refractivity (Wildman–Crippen MR) is 92.3 cm³/mol. The summed E-state index contributed by atoms with van der Waals surface area (Å²) in [7, 11) is 0. The molecule has 0 aliphatic heterocycles. The van der Waals surface area contributed by atoms with Gasteiger partial charge in [0.05, 0.1) is 16.5 Å². The number of nitro benzene ring substituents is 1. The predicted octanol–water partition coefficient (Wildman–Crippen LogP) is 3.74. The molecule has 0 aliphatic rings. The van der Waals surface area contributed by atoms with Crippen LogP contribution in [0.1, 0.15) is 34.5 Å². The summed E-state index contributed by atoms with van der Waals surface area (Å²) >= 11 is 3.38. The molecule has 0 aromatic heterocycles. The van der Waals surface area contributed by atoms with Crippen LogP contribution in [0.4, 0.5) is 11.4 Å². The Labute approximate surface area is 142 Å². The third kappa shape index (κ3) is 3.87. The first-order valence-corrected chi connectivity index (χ1v) is 7.69. The van der Waals surface area contributed by atoms with Crippen molar-refractivity contribution in [3.63, 3.8) is 0 Å². The lowest BCUT2D eigenvalue weighted by Gasteiger charge is -2.16. The lowest BCUT2D eigenvalue weighted by atomic mass is 10.0. The number of carbonyl (C=O) groups is 1. The molecule has 0 saturated heterocycles. The second-order valence-corrected chi connectivity index (χ2v) is 6.17. The number of hydrogen-bond acceptors (Lipinski definition) is 4. The molecule has 0 unspecified atom stereocenters. The van der Waals surface area contributed by atoms with E-state index in [1.807, 2.05) is 31.2 Å². The fourth-order valence-corrected chi connectivity index (χ4v) is 2.67. The number of rotatable bonds is 4. The molecule has 0 heterocycles. The fraction of sp³-hybridized carbons (Fsp3) is 0.188. The van der Waals surface area contributed by atoms with E-state index in [-0.39, 0.29) is 23.0 Å². The molecule has 1 amide bonds. The zero-order valence-corrected chi connectivity index (χ0v) is 14.3. The summed E-state index contributed by atoms with van der Waals surface area (Å²) in [4.78, 5) is 22.9. The van der Waals surface area contributed by atoms with Gasteiger partial charge in [0.15, 0.2) is 0 Å². The number of benzene rings is 2. The Morgan fingerprint density at radius 2 is 2.04 bits per heavy atom. The quantitative estimate of drug-likeness (QED) is 0.481. The van der Waals surface area contributed by atoms with E-state index in [9.17, 15) is 14.9 Å². The zero-order valence-electron chi connectivity index (χ0n) is 12.7. The van der Waals surface area contributed by atoms with Crippen LogP contribution in [0.15, 0.2) is 40.9 Å². The van der Waals surface area contributed by atoms with Crippen molar-refractivity contribution < 1.29 is 9.72 Å². The first kappa shape index (κ1) is 17.0. The highest BCUT2D eigenvalue weighted by Crippen LogP contribution is 2.27.